The van der Waals surface area contributed by atoms with Crippen LogP contribution < -0.4 is 5.32 Å². The number of alkyl halides is 1. The van der Waals surface area contributed by atoms with Crippen molar-refractivity contribution in [2.75, 3.05) is 24.8 Å². The van der Waals surface area contributed by atoms with E-state index in [1.165, 1.54) is 11.9 Å². The van der Waals surface area contributed by atoms with Crippen molar-refractivity contribution < 1.29 is 9.59 Å². The average molecular weight is 310 g/mol. The second-order valence-corrected chi connectivity index (χ2v) is 4.61. The van der Waals surface area contributed by atoms with Gasteiger partial charge < -0.3 is 10.2 Å². The number of nitrogens with one attached hydrogen (secondary N) is 1. The molecular weight excluding hydrogens is 298 g/mol. The van der Waals surface area contributed by atoms with Crippen molar-refractivity contribution in [2.24, 2.45) is 0 Å². The molecule has 1 aromatic rings. The van der Waals surface area contributed by atoms with E-state index < -0.39 is 5.91 Å². The van der Waals surface area contributed by atoms with Crippen LogP contribution in [0.3, 0.4) is 0 Å². The number of likely N-dealkylation sites (N-methyl/N-ethyl adjacent to an activating group) is 1. The molecule has 0 spiro atoms. The summed E-state index contributed by atoms with van der Waals surface area (Å²) in [6, 6.07) is 4.89. The number of hydrogen-bond donors (Lipinski definition) is 1. The molecule has 0 aliphatic heterocycles. The Morgan fingerprint density at radius 1 is 1.28 bits per heavy atom. The third-order valence-electron chi connectivity index (χ3n) is 2.15. The van der Waals surface area contributed by atoms with Crippen molar-refractivity contribution in [3.8, 4) is 0 Å². The largest absolute Gasteiger partial charge is 0.335 e. The molecule has 7 heteroatoms. The summed E-state index contributed by atoms with van der Waals surface area (Å²) in [4.78, 5) is 24.1. The number of anilines is 1. The number of nitrogens with zero attached hydrogens (tertiary/aromatic N) is 1. The first kappa shape index (κ1) is 15.1. The van der Waals surface area contributed by atoms with E-state index in [1.54, 1.807) is 18.2 Å². The van der Waals surface area contributed by atoms with E-state index in [-0.39, 0.29) is 18.3 Å². The molecule has 98 valence electrons. The summed E-state index contributed by atoms with van der Waals surface area (Å²) in [5, 5.41) is 3.22. The summed E-state index contributed by atoms with van der Waals surface area (Å²) in [5.74, 6) is -0.903. The highest BCUT2D eigenvalue weighted by Gasteiger charge is 2.14. The number of halogens is 3. The quantitative estimate of drug-likeness (QED) is 0.869. The standard InChI is InChI=1S/C11H11Cl3N2O2/c1-16(10(18)5-12)6-9(17)15-11-7(13)3-2-4-8(11)14/h2-4H,5-6H2,1H3,(H,15,17). The van der Waals surface area contributed by atoms with Gasteiger partial charge in [-0.25, -0.2) is 0 Å². The molecule has 0 aliphatic rings. The fraction of sp³-hybridized carbons (Fsp3) is 0.273. The van der Waals surface area contributed by atoms with Gasteiger partial charge in [-0.2, -0.15) is 0 Å². The lowest BCUT2D eigenvalue weighted by Crippen LogP contribution is -2.35. The van der Waals surface area contributed by atoms with Gasteiger partial charge in [0.25, 0.3) is 0 Å². The second kappa shape index (κ2) is 6.83. The first-order chi connectivity index (χ1) is 8.45. The van der Waals surface area contributed by atoms with Crippen LogP contribution in [-0.2, 0) is 9.59 Å². The Hall–Kier alpha value is -0.970. The van der Waals surface area contributed by atoms with E-state index in [9.17, 15) is 9.59 Å². The smallest absolute Gasteiger partial charge is 0.244 e. The molecule has 0 saturated carbocycles. The molecule has 2 amide bonds. The average Bonchev–Trinajstić information content (AvgIpc) is 2.32. The van der Waals surface area contributed by atoms with Crippen LogP contribution in [0.5, 0.6) is 0 Å². The predicted octanol–water partition coefficient (Wildman–Crippen LogP) is 2.63. The van der Waals surface area contributed by atoms with Crippen molar-refractivity contribution in [3.05, 3.63) is 28.2 Å². The maximum Gasteiger partial charge on any atom is 0.244 e. The van der Waals surface area contributed by atoms with Gasteiger partial charge in [0.2, 0.25) is 11.8 Å². The second-order valence-electron chi connectivity index (χ2n) is 3.53. The van der Waals surface area contributed by atoms with E-state index in [0.717, 1.165) is 0 Å². The van der Waals surface area contributed by atoms with Crippen LogP contribution in [0.25, 0.3) is 0 Å². The fourth-order valence-electron chi connectivity index (χ4n) is 1.20. The zero-order valence-electron chi connectivity index (χ0n) is 9.54. The van der Waals surface area contributed by atoms with Crippen LogP contribution in [-0.4, -0.2) is 36.2 Å². The van der Waals surface area contributed by atoms with Crippen molar-refractivity contribution in [2.45, 2.75) is 0 Å². The zero-order valence-corrected chi connectivity index (χ0v) is 11.8. The summed E-state index contributed by atoms with van der Waals surface area (Å²) in [5.41, 5.74) is 0.331. The Kier molecular flexibility index (Phi) is 5.72. The lowest BCUT2D eigenvalue weighted by molar-refractivity contribution is -0.131. The molecule has 0 fully saturated rings. The van der Waals surface area contributed by atoms with Crippen molar-refractivity contribution in [1.29, 1.82) is 0 Å². The van der Waals surface area contributed by atoms with Gasteiger partial charge in [0, 0.05) is 7.05 Å². The Morgan fingerprint density at radius 2 is 1.83 bits per heavy atom. The van der Waals surface area contributed by atoms with Gasteiger partial charge in [-0.15, -0.1) is 11.6 Å². The van der Waals surface area contributed by atoms with E-state index in [4.69, 9.17) is 34.8 Å². The van der Waals surface area contributed by atoms with Gasteiger partial charge in [-0.05, 0) is 12.1 Å². The molecule has 0 saturated heterocycles. The Bertz CT molecular complexity index is 445. The van der Waals surface area contributed by atoms with Crippen molar-refractivity contribution in [3.63, 3.8) is 0 Å². The molecule has 0 aromatic heterocycles. The third-order valence-corrected chi connectivity index (χ3v) is 3.01. The minimum absolute atomic E-state index is 0.118. The van der Waals surface area contributed by atoms with E-state index in [0.29, 0.717) is 15.7 Å². The van der Waals surface area contributed by atoms with E-state index in [1.807, 2.05) is 0 Å². The zero-order chi connectivity index (χ0) is 13.7. The van der Waals surface area contributed by atoms with Gasteiger partial charge in [0.05, 0.1) is 22.3 Å². The Balaban J connectivity index is 2.68. The number of rotatable bonds is 4. The summed E-state index contributed by atoms with van der Waals surface area (Å²) >= 11 is 17.2. The van der Waals surface area contributed by atoms with Gasteiger partial charge in [0.15, 0.2) is 0 Å². The molecule has 1 aromatic carbocycles. The normalized spacial score (nSPS) is 10.0. The molecule has 4 nitrogen and oxygen atoms in total. The van der Waals surface area contributed by atoms with Crippen molar-refractivity contribution in [1.82, 2.24) is 4.90 Å². The number of carbonyl (C=O) groups is 2. The molecule has 0 aliphatic carbocycles. The predicted molar refractivity (Wildman–Crippen MR) is 73.4 cm³/mol. The van der Waals surface area contributed by atoms with Crippen LogP contribution in [0, 0.1) is 0 Å². The van der Waals surface area contributed by atoms with Gasteiger partial charge in [-0.1, -0.05) is 29.3 Å². The van der Waals surface area contributed by atoms with Crippen LogP contribution in [0.15, 0.2) is 18.2 Å². The van der Waals surface area contributed by atoms with Crippen molar-refractivity contribution >= 4 is 52.3 Å². The number of amides is 2. The minimum atomic E-state index is -0.397. The van der Waals surface area contributed by atoms with Gasteiger partial charge >= 0.3 is 0 Å². The molecule has 0 heterocycles. The highest BCUT2D eigenvalue weighted by atomic mass is 35.5. The molecule has 1 N–H and O–H groups in total. The van der Waals surface area contributed by atoms with Crippen LogP contribution >= 0.6 is 34.8 Å². The van der Waals surface area contributed by atoms with Crippen LogP contribution in [0.4, 0.5) is 5.69 Å². The molecule has 0 radical (unpaired) electrons. The highest BCUT2D eigenvalue weighted by Crippen LogP contribution is 2.29. The molecule has 1 rings (SSSR count). The Labute approximate surface area is 120 Å². The first-order valence-corrected chi connectivity index (χ1v) is 6.28. The fourth-order valence-corrected chi connectivity index (χ4v) is 1.90. The maximum absolute atomic E-state index is 11.7. The number of carbonyl (C=O) groups excluding carboxylic acids is 2. The molecule has 0 unspecified atom stereocenters. The lowest BCUT2D eigenvalue weighted by atomic mass is 10.3. The Morgan fingerprint density at radius 3 is 2.33 bits per heavy atom. The monoisotopic (exact) mass is 308 g/mol. The summed E-state index contributed by atoms with van der Waals surface area (Å²) in [6.07, 6.45) is 0. The van der Waals surface area contributed by atoms with Crippen LogP contribution in [0.2, 0.25) is 10.0 Å². The molecule has 0 atom stereocenters. The minimum Gasteiger partial charge on any atom is -0.335 e. The van der Waals surface area contributed by atoms with E-state index in [2.05, 4.69) is 5.32 Å². The number of para-hydroxylation sites is 1. The third kappa shape index (κ3) is 4.05. The number of benzene rings is 1. The highest BCUT2D eigenvalue weighted by molar-refractivity contribution is 6.39. The maximum atomic E-state index is 11.7. The first-order valence-electron chi connectivity index (χ1n) is 4.99. The lowest BCUT2D eigenvalue weighted by Gasteiger charge is -2.16. The summed E-state index contributed by atoms with van der Waals surface area (Å²) in [6.45, 7) is -0.118. The van der Waals surface area contributed by atoms with Gasteiger partial charge in [0.1, 0.15) is 5.88 Å². The molecular formula is C11H11Cl3N2O2. The van der Waals surface area contributed by atoms with Gasteiger partial charge in [-0.3, -0.25) is 9.59 Å². The SMILES string of the molecule is CN(CC(=O)Nc1c(Cl)cccc1Cl)C(=O)CCl. The molecule has 0 bridgehead atoms. The molecule has 18 heavy (non-hydrogen) atoms. The summed E-state index contributed by atoms with van der Waals surface area (Å²) in [7, 11) is 1.48. The number of hydrogen-bond acceptors (Lipinski definition) is 2. The topological polar surface area (TPSA) is 49.4 Å². The van der Waals surface area contributed by atoms with E-state index >= 15 is 0 Å². The summed E-state index contributed by atoms with van der Waals surface area (Å²) < 4.78 is 0. The van der Waals surface area contributed by atoms with Crippen LogP contribution in [0.1, 0.15) is 0 Å².